The summed E-state index contributed by atoms with van der Waals surface area (Å²) in [6.45, 7) is 7.70. The SMILES string of the molecule is CCOC(=O)CC(COCCOCCOCCOCCOc1ccc(NC(=O)Nc2ccc3ncc(-c4cnn(C)c4)nc3c2)cc1Br)N1CCN(c2ccc(OC(F)(F)F)cc2)CC1. The van der Waals surface area contributed by atoms with E-state index in [-0.39, 0.29) is 30.8 Å². The van der Waals surface area contributed by atoms with E-state index in [9.17, 15) is 22.8 Å². The number of piperazine rings is 1. The molecule has 0 bridgehead atoms. The van der Waals surface area contributed by atoms with Gasteiger partial charge in [0.2, 0.25) is 0 Å². The molecule has 1 aliphatic heterocycles. The summed E-state index contributed by atoms with van der Waals surface area (Å²) in [6, 6.07) is 15.7. The molecule has 65 heavy (non-hydrogen) atoms. The van der Waals surface area contributed by atoms with Gasteiger partial charge in [0.15, 0.2) is 0 Å². The van der Waals surface area contributed by atoms with Gasteiger partial charge in [0.1, 0.15) is 18.1 Å². The summed E-state index contributed by atoms with van der Waals surface area (Å²) in [5, 5.41) is 9.85. The second-order valence-electron chi connectivity index (χ2n) is 14.6. The van der Waals surface area contributed by atoms with Crippen molar-refractivity contribution in [1.29, 1.82) is 0 Å². The number of anilines is 3. The monoisotopic (exact) mass is 972 g/mol. The number of hydrogen-bond acceptors (Lipinski definition) is 14. The highest BCUT2D eigenvalue weighted by Crippen LogP contribution is 2.29. The molecule has 1 saturated heterocycles. The van der Waals surface area contributed by atoms with Crippen LogP contribution in [0.25, 0.3) is 22.3 Å². The fourth-order valence-electron chi connectivity index (χ4n) is 6.77. The zero-order valence-corrected chi connectivity index (χ0v) is 37.6. The van der Waals surface area contributed by atoms with Crippen LogP contribution in [-0.2, 0) is 35.5 Å². The third kappa shape index (κ3) is 16.1. The molecule has 1 aliphatic rings. The molecule has 2 aromatic heterocycles. The Kier molecular flexibility index (Phi) is 18.5. The first-order valence-electron chi connectivity index (χ1n) is 21.0. The zero-order valence-electron chi connectivity index (χ0n) is 36.1. The Labute approximate surface area is 382 Å². The number of ether oxygens (including phenoxy) is 7. The summed E-state index contributed by atoms with van der Waals surface area (Å²) in [7, 11) is 1.83. The number of fused-ring (bicyclic) bond motifs is 1. The maximum atomic E-state index is 12.8. The van der Waals surface area contributed by atoms with Gasteiger partial charge in [0.05, 0.1) is 99.5 Å². The predicted molar refractivity (Wildman–Crippen MR) is 239 cm³/mol. The Bertz CT molecular complexity index is 2280. The minimum absolute atomic E-state index is 0.173. The first-order valence-corrected chi connectivity index (χ1v) is 21.8. The number of carbonyl (C=O) groups is 2. The number of nitrogens with one attached hydrogen (secondary N) is 2. The number of esters is 1. The topological polar surface area (TPSA) is 173 Å². The highest BCUT2D eigenvalue weighted by atomic mass is 79.9. The van der Waals surface area contributed by atoms with Crippen molar-refractivity contribution in [3.63, 3.8) is 0 Å². The van der Waals surface area contributed by atoms with E-state index in [1.807, 2.05) is 13.2 Å². The van der Waals surface area contributed by atoms with Gasteiger partial charge in [-0.05, 0) is 83.5 Å². The second-order valence-corrected chi connectivity index (χ2v) is 15.4. The van der Waals surface area contributed by atoms with E-state index in [4.69, 9.17) is 28.4 Å². The molecular formula is C44H52BrF3N8O9. The number of aryl methyl sites for hydroxylation is 1. The summed E-state index contributed by atoms with van der Waals surface area (Å²) in [6.07, 6.45) is 0.699. The molecule has 17 nitrogen and oxygen atoms in total. The molecule has 21 heteroatoms. The molecular weight excluding hydrogens is 921 g/mol. The van der Waals surface area contributed by atoms with Crippen LogP contribution < -0.4 is 25.0 Å². The molecule has 350 valence electrons. The van der Waals surface area contributed by atoms with Crippen molar-refractivity contribution in [3.8, 4) is 22.8 Å². The summed E-state index contributed by atoms with van der Waals surface area (Å²) in [5.74, 6) is 0.0157. The summed E-state index contributed by atoms with van der Waals surface area (Å²) < 4.78 is 77.7. The maximum Gasteiger partial charge on any atom is 0.573 e. The summed E-state index contributed by atoms with van der Waals surface area (Å²) in [5.41, 5.74) is 4.77. The van der Waals surface area contributed by atoms with Crippen molar-refractivity contribution >= 4 is 56.0 Å². The molecule has 0 aliphatic carbocycles. The van der Waals surface area contributed by atoms with Crippen molar-refractivity contribution < 1.29 is 55.9 Å². The van der Waals surface area contributed by atoms with Crippen molar-refractivity contribution in [3.05, 3.63) is 83.7 Å². The predicted octanol–water partition coefficient (Wildman–Crippen LogP) is 6.92. The van der Waals surface area contributed by atoms with E-state index >= 15 is 0 Å². The summed E-state index contributed by atoms with van der Waals surface area (Å²) >= 11 is 3.51. The number of halogens is 4. The van der Waals surface area contributed by atoms with Gasteiger partial charge >= 0.3 is 18.4 Å². The number of aromatic nitrogens is 4. The number of hydrogen-bond donors (Lipinski definition) is 2. The van der Waals surface area contributed by atoms with Gasteiger partial charge in [0.25, 0.3) is 0 Å². The molecule has 1 fully saturated rings. The largest absolute Gasteiger partial charge is 0.573 e. The van der Waals surface area contributed by atoms with Gasteiger partial charge < -0.3 is 48.7 Å². The third-order valence-electron chi connectivity index (χ3n) is 9.88. The number of rotatable bonds is 24. The van der Waals surface area contributed by atoms with Crippen LogP contribution in [0.3, 0.4) is 0 Å². The van der Waals surface area contributed by atoms with Crippen LogP contribution in [0.5, 0.6) is 11.5 Å². The fourth-order valence-corrected chi connectivity index (χ4v) is 7.26. The fraction of sp³-hybridized carbons (Fsp3) is 0.432. The Morgan fingerprint density at radius 3 is 2.08 bits per heavy atom. The van der Waals surface area contributed by atoms with Crippen LogP contribution in [0.2, 0.25) is 0 Å². The average Bonchev–Trinajstić information content (AvgIpc) is 3.72. The van der Waals surface area contributed by atoms with E-state index in [0.717, 1.165) is 11.3 Å². The quantitative estimate of drug-likeness (QED) is 0.0482. The van der Waals surface area contributed by atoms with Crippen molar-refractivity contribution in [1.82, 2.24) is 24.6 Å². The number of amides is 2. The van der Waals surface area contributed by atoms with Gasteiger partial charge in [-0.25, -0.2) is 9.78 Å². The van der Waals surface area contributed by atoms with Crippen LogP contribution in [0.4, 0.5) is 35.0 Å². The first kappa shape index (κ1) is 48.9. The Morgan fingerprint density at radius 2 is 1.45 bits per heavy atom. The normalized spacial score (nSPS) is 13.7. The van der Waals surface area contributed by atoms with Crippen LogP contribution in [0, 0.1) is 0 Å². The summed E-state index contributed by atoms with van der Waals surface area (Å²) in [4.78, 5) is 38.6. The van der Waals surface area contributed by atoms with E-state index in [2.05, 4.69) is 56.2 Å². The molecule has 0 spiro atoms. The minimum Gasteiger partial charge on any atom is -0.490 e. The molecule has 6 rings (SSSR count). The molecule has 0 radical (unpaired) electrons. The highest BCUT2D eigenvalue weighted by molar-refractivity contribution is 9.10. The molecule has 3 heterocycles. The van der Waals surface area contributed by atoms with Crippen LogP contribution >= 0.6 is 15.9 Å². The third-order valence-corrected chi connectivity index (χ3v) is 10.5. The van der Waals surface area contributed by atoms with Crippen molar-refractivity contribution in [2.45, 2.75) is 25.7 Å². The number of benzene rings is 3. The lowest BCUT2D eigenvalue weighted by Gasteiger charge is -2.40. The smallest absolute Gasteiger partial charge is 0.490 e. The number of urea groups is 1. The lowest BCUT2D eigenvalue weighted by atomic mass is 10.1. The average molecular weight is 974 g/mol. The van der Waals surface area contributed by atoms with E-state index in [1.165, 1.54) is 12.1 Å². The Hall–Kier alpha value is -5.58. The van der Waals surface area contributed by atoms with Crippen LogP contribution in [-0.4, -0.2) is 141 Å². The van der Waals surface area contributed by atoms with Crippen LogP contribution in [0.1, 0.15) is 13.3 Å². The number of carbonyl (C=O) groups excluding carboxylic acids is 2. The molecule has 3 aromatic carbocycles. The minimum atomic E-state index is -4.74. The van der Waals surface area contributed by atoms with Gasteiger partial charge in [-0.15, -0.1) is 13.2 Å². The molecule has 0 saturated carbocycles. The highest BCUT2D eigenvalue weighted by Gasteiger charge is 2.31. The second kappa shape index (κ2) is 24.6. The van der Waals surface area contributed by atoms with Gasteiger partial charge in [-0.3, -0.25) is 19.4 Å². The van der Waals surface area contributed by atoms with E-state index in [0.29, 0.717) is 124 Å². The lowest BCUT2D eigenvalue weighted by molar-refractivity contribution is -0.274. The number of alkyl halides is 3. The molecule has 1 atom stereocenters. The van der Waals surface area contributed by atoms with Gasteiger partial charge in [-0.1, -0.05) is 0 Å². The molecule has 1 unspecified atom stereocenters. The molecule has 5 aromatic rings. The first-order chi connectivity index (χ1) is 31.4. The maximum absolute atomic E-state index is 12.8. The molecule has 2 N–H and O–H groups in total. The van der Waals surface area contributed by atoms with Gasteiger partial charge in [-0.2, -0.15) is 5.10 Å². The van der Waals surface area contributed by atoms with Crippen LogP contribution in [0.15, 0.2) is 83.7 Å². The molecule has 2 amide bonds. The van der Waals surface area contributed by atoms with E-state index in [1.54, 1.807) is 72.5 Å². The van der Waals surface area contributed by atoms with Crippen molar-refractivity contribution in [2.24, 2.45) is 7.05 Å². The standard InChI is InChI=1S/C44H52BrF3N8O9/c1-3-63-42(57)26-35(56-14-12-55(13-15-56)34-6-8-36(9-7-34)65-44(46,47)48)30-62-21-20-60-17-16-59-18-19-61-22-23-64-41-11-5-32(24-37(41)45)51-43(58)52-33-4-10-38-39(25-33)53-40(28-49-38)31-27-50-54(2)29-31/h4-11,24-25,27-29,35H,3,12-23,26,30H2,1-2H3,(H2,51,52,58). The van der Waals surface area contributed by atoms with Gasteiger partial charge in [0, 0.05) is 68.1 Å². The Morgan fingerprint density at radius 1 is 0.800 bits per heavy atom. The lowest BCUT2D eigenvalue weighted by Crippen LogP contribution is -2.52. The zero-order chi connectivity index (χ0) is 46.0. The number of nitrogens with zero attached hydrogens (tertiary/aromatic N) is 6. The Balaban J connectivity index is 0.790. The van der Waals surface area contributed by atoms with Crippen molar-refractivity contribution in [2.75, 3.05) is 108 Å². The van der Waals surface area contributed by atoms with E-state index < -0.39 is 12.4 Å².